The molecule has 4 heterocycles. The average molecular weight is 574 g/mol. The van der Waals surface area contributed by atoms with Gasteiger partial charge in [0, 0.05) is 40.8 Å². The van der Waals surface area contributed by atoms with E-state index in [1.807, 2.05) is 42.5 Å². The van der Waals surface area contributed by atoms with E-state index in [1.165, 1.54) is 12.4 Å². The van der Waals surface area contributed by atoms with Gasteiger partial charge in [0.05, 0.1) is 17.0 Å². The first-order valence-electron chi connectivity index (χ1n) is 12.4. The van der Waals surface area contributed by atoms with Crippen LogP contribution in [0, 0.1) is 0 Å². The van der Waals surface area contributed by atoms with Crippen LogP contribution in [-0.4, -0.2) is 42.9 Å². The molecule has 1 aliphatic heterocycles. The molecule has 1 aliphatic rings. The van der Waals surface area contributed by atoms with Gasteiger partial charge in [-0.05, 0) is 12.1 Å². The number of para-hydroxylation sites is 1. The minimum Gasteiger partial charge on any atom is -0.402 e. The highest BCUT2D eigenvalue weighted by molar-refractivity contribution is 6.19. The third-order valence-electron chi connectivity index (χ3n) is 6.23. The number of anilines is 2. The molecular formula is C28H18F4N8O2. The van der Waals surface area contributed by atoms with Crippen molar-refractivity contribution < 1.29 is 26.8 Å². The molecule has 14 heteroatoms. The number of halogens is 4. The number of pyridine rings is 1. The Morgan fingerprint density at radius 3 is 2.36 bits per heavy atom. The molecule has 0 radical (unpaired) electrons. The zero-order valence-corrected chi connectivity index (χ0v) is 21.3. The molecule has 0 saturated carbocycles. The zero-order valence-electron chi connectivity index (χ0n) is 21.3. The first-order chi connectivity index (χ1) is 20.3. The van der Waals surface area contributed by atoms with E-state index >= 15 is 0 Å². The van der Waals surface area contributed by atoms with Crippen LogP contribution in [0.5, 0.6) is 0 Å². The van der Waals surface area contributed by atoms with Crippen LogP contribution >= 0.6 is 0 Å². The Hall–Kier alpha value is -5.53. The van der Waals surface area contributed by atoms with Crippen molar-refractivity contribution in [1.29, 1.82) is 0 Å². The summed E-state index contributed by atoms with van der Waals surface area (Å²) >= 11 is 0. The number of alkyl halides is 4. The van der Waals surface area contributed by atoms with Crippen LogP contribution in [-0.2, 0) is 17.6 Å². The SMILES string of the molecule is O=C1Nc2ccccc2C(c2ccccc2)=NC1Nc1nnc(-c2ncc(C(F)(F)F)cc2-c2cnc(CF)nc2)o1. The Kier molecular flexibility index (Phi) is 6.86. The molecule has 0 bridgehead atoms. The number of hydrogen-bond acceptors (Lipinski definition) is 9. The monoisotopic (exact) mass is 574 g/mol. The van der Waals surface area contributed by atoms with Crippen molar-refractivity contribution in [1.82, 2.24) is 25.1 Å². The molecule has 42 heavy (non-hydrogen) atoms. The number of hydrogen-bond donors (Lipinski definition) is 2. The van der Waals surface area contributed by atoms with E-state index in [1.54, 1.807) is 12.1 Å². The van der Waals surface area contributed by atoms with Crippen LogP contribution in [0.25, 0.3) is 22.7 Å². The second-order valence-corrected chi connectivity index (χ2v) is 8.98. The highest BCUT2D eigenvalue weighted by Gasteiger charge is 2.33. The van der Waals surface area contributed by atoms with E-state index in [4.69, 9.17) is 4.42 Å². The van der Waals surface area contributed by atoms with Gasteiger partial charge in [0.2, 0.25) is 6.17 Å². The Morgan fingerprint density at radius 2 is 1.62 bits per heavy atom. The van der Waals surface area contributed by atoms with Crippen molar-refractivity contribution in [2.75, 3.05) is 10.6 Å². The third kappa shape index (κ3) is 5.29. The summed E-state index contributed by atoms with van der Waals surface area (Å²) in [5.74, 6) is -0.893. The third-order valence-corrected chi connectivity index (χ3v) is 6.23. The van der Waals surface area contributed by atoms with E-state index in [-0.39, 0.29) is 34.6 Å². The predicted molar refractivity (Wildman–Crippen MR) is 143 cm³/mol. The van der Waals surface area contributed by atoms with Crippen molar-refractivity contribution in [3.63, 3.8) is 0 Å². The number of benzodiazepines with no additional fused rings is 1. The number of fused-ring (bicyclic) bond motifs is 1. The van der Waals surface area contributed by atoms with Gasteiger partial charge in [0.25, 0.3) is 11.8 Å². The standard InChI is InChI=1S/C28H18F4N8O2/c29-11-21-33-12-16(13-34-21)19-10-17(28(30,31)32)14-35-23(19)26-39-40-27(42-26)38-24-25(41)36-20-9-5-4-8-18(20)22(37-24)15-6-2-1-3-7-15/h1-10,12-14,24H,11H2,(H,36,41)(H,38,40). The quantitative estimate of drug-likeness (QED) is 0.261. The van der Waals surface area contributed by atoms with Crippen LogP contribution in [0.1, 0.15) is 22.5 Å². The molecular weight excluding hydrogens is 556 g/mol. The normalized spacial score (nSPS) is 14.9. The fraction of sp³-hybridized carbons (Fsp3) is 0.107. The molecule has 0 fully saturated rings. The lowest BCUT2D eigenvalue weighted by atomic mass is 10.0. The second kappa shape index (κ2) is 10.8. The molecule has 1 amide bonds. The maximum Gasteiger partial charge on any atom is 0.417 e. The predicted octanol–water partition coefficient (Wildman–Crippen LogP) is 5.30. The average Bonchev–Trinajstić information content (AvgIpc) is 3.42. The van der Waals surface area contributed by atoms with Crippen LogP contribution < -0.4 is 10.6 Å². The Morgan fingerprint density at radius 1 is 0.881 bits per heavy atom. The van der Waals surface area contributed by atoms with Crippen LogP contribution in [0.3, 0.4) is 0 Å². The maximum absolute atomic E-state index is 13.5. The lowest BCUT2D eigenvalue weighted by molar-refractivity contribution is -0.137. The summed E-state index contributed by atoms with van der Waals surface area (Å²) in [5, 5.41) is 13.5. The second-order valence-electron chi connectivity index (χ2n) is 8.98. The van der Waals surface area contributed by atoms with Crippen molar-refractivity contribution >= 4 is 23.3 Å². The molecule has 6 rings (SSSR count). The first-order valence-corrected chi connectivity index (χ1v) is 12.4. The summed E-state index contributed by atoms with van der Waals surface area (Å²) in [6, 6.07) is 17.0. The van der Waals surface area contributed by atoms with Gasteiger partial charge in [-0.1, -0.05) is 53.6 Å². The number of aromatic nitrogens is 5. The fourth-order valence-corrected chi connectivity index (χ4v) is 4.25. The van der Waals surface area contributed by atoms with Crippen molar-refractivity contribution in [2.24, 2.45) is 4.99 Å². The van der Waals surface area contributed by atoms with Crippen LogP contribution in [0.15, 0.2) is 88.7 Å². The number of carbonyl (C=O) groups is 1. The number of benzene rings is 2. The minimum absolute atomic E-state index is 0.0718. The van der Waals surface area contributed by atoms with Crippen molar-refractivity contribution in [2.45, 2.75) is 19.0 Å². The van der Waals surface area contributed by atoms with Gasteiger partial charge in [-0.15, -0.1) is 5.10 Å². The van der Waals surface area contributed by atoms with E-state index < -0.39 is 30.5 Å². The lowest BCUT2D eigenvalue weighted by Gasteiger charge is -2.12. The molecule has 3 aromatic heterocycles. The number of aliphatic imine (C=N–C) groups is 1. The molecule has 0 saturated heterocycles. The van der Waals surface area contributed by atoms with Gasteiger partial charge in [0.1, 0.15) is 12.4 Å². The van der Waals surface area contributed by atoms with Crippen LogP contribution in [0.2, 0.25) is 0 Å². The maximum atomic E-state index is 13.5. The molecule has 10 nitrogen and oxygen atoms in total. The van der Waals surface area contributed by atoms with Gasteiger partial charge < -0.3 is 15.1 Å². The lowest BCUT2D eigenvalue weighted by Crippen LogP contribution is -2.32. The molecule has 0 spiro atoms. The number of nitrogens with one attached hydrogen (secondary N) is 2. The van der Waals surface area contributed by atoms with E-state index in [2.05, 4.69) is 40.8 Å². The van der Waals surface area contributed by atoms with Gasteiger partial charge in [-0.2, -0.15) is 13.2 Å². The summed E-state index contributed by atoms with van der Waals surface area (Å²) in [6.45, 7) is -0.943. The molecule has 0 aliphatic carbocycles. The molecule has 2 aromatic carbocycles. The molecule has 210 valence electrons. The van der Waals surface area contributed by atoms with Crippen LogP contribution in [0.4, 0.5) is 29.3 Å². The summed E-state index contributed by atoms with van der Waals surface area (Å²) in [6.07, 6.45) is -2.93. The Bertz CT molecular complexity index is 1790. The summed E-state index contributed by atoms with van der Waals surface area (Å²) < 4.78 is 59.1. The molecule has 2 N–H and O–H groups in total. The number of rotatable bonds is 6. The van der Waals surface area contributed by atoms with E-state index in [0.29, 0.717) is 23.2 Å². The van der Waals surface area contributed by atoms with Gasteiger partial charge in [-0.25, -0.2) is 24.3 Å². The van der Waals surface area contributed by atoms with E-state index in [0.717, 1.165) is 11.6 Å². The fourth-order valence-electron chi connectivity index (χ4n) is 4.25. The Balaban J connectivity index is 1.36. The summed E-state index contributed by atoms with van der Waals surface area (Å²) in [7, 11) is 0. The number of nitrogens with zero attached hydrogens (tertiary/aromatic N) is 6. The number of carbonyl (C=O) groups excluding carboxylic acids is 1. The highest BCUT2D eigenvalue weighted by atomic mass is 19.4. The number of amides is 1. The molecule has 1 unspecified atom stereocenters. The highest BCUT2D eigenvalue weighted by Crippen LogP contribution is 2.36. The van der Waals surface area contributed by atoms with Crippen molar-refractivity contribution in [3.05, 3.63) is 102 Å². The summed E-state index contributed by atoms with van der Waals surface area (Å²) in [4.78, 5) is 29.3. The first kappa shape index (κ1) is 26.7. The Labute approximate surface area is 234 Å². The largest absolute Gasteiger partial charge is 0.417 e. The molecule has 1 atom stereocenters. The minimum atomic E-state index is -4.69. The van der Waals surface area contributed by atoms with Gasteiger partial charge in [-0.3, -0.25) is 4.79 Å². The van der Waals surface area contributed by atoms with Crippen molar-refractivity contribution in [3.8, 4) is 22.7 Å². The van der Waals surface area contributed by atoms with Gasteiger partial charge >= 0.3 is 12.2 Å². The van der Waals surface area contributed by atoms with Gasteiger partial charge in [0.15, 0.2) is 5.82 Å². The smallest absolute Gasteiger partial charge is 0.402 e. The topological polar surface area (TPSA) is 131 Å². The molecule has 5 aromatic rings. The summed E-state index contributed by atoms with van der Waals surface area (Å²) in [5.41, 5.74) is 1.46. The van der Waals surface area contributed by atoms with E-state index in [9.17, 15) is 22.4 Å². The zero-order chi connectivity index (χ0) is 29.3.